The Labute approximate surface area is 217 Å². The minimum atomic E-state index is -1.55. The van der Waals surface area contributed by atoms with Crippen LogP contribution in [0.15, 0.2) is 18.2 Å². The molecule has 0 radical (unpaired) electrons. The van der Waals surface area contributed by atoms with Crippen molar-refractivity contribution in [2.24, 2.45) is 11.8 Å². The van der Waals surface area contributed by atoms with E-state index in [1.807, 2.05) is 0 Å². The smallest absolute Gasteiger partial charge is 0.266 e. The van der Waals surface area contributed by atoms with Crippen LogP contribution in [0.1, 0.15) is 94.7 Å². The molecular formula is C33H44F2O. The van der Waals surface area contributed by atoms with Crippen molar-refractivity contribution in [1.29, 1.82) is 0 Å². The van der Waals surface area contributed by atoms with Crippen molar-refractivity contribution in [2.45, 2.75) is 101 Å². The van der Waals surface area contributed by atoms with E-state index in [4.69, 9.17) is 4.74 Å². The molecule has 1 saturated carbocycles. The zero-order valence-electron chi connectivity index (χ0n) is 24.0. The van der Waals surface area contributed by atoms with Gasteiger partial charge in [-0.2, -0.15) is 8.78 Å². The SMILES string of the molecule is C/C(=C\C1CCC(CC=C(F)F)CC1)c1c(C)c(C)c(Oc2c(C)c(C)c(C)c(C)c2C)c(C)c1C. The van der Waals surface area contributed by atoms with Gasteiger partial charge in [0.25, 0.3) is 6.08 Å². The standard InChI is InChI=1S/C33H44F2O/c1-18(17-29-13-11-28(12-14-29)15-16-30(34)35)31-22(5)26(9)33(27(10)23(31)6)36-32-24(7)20(3)19(2)21(4)25(32)8/h16-17,28-29H,11-15H2,1-10H3/b18-17+. The predicted octanol–water partition coefficient (Wildman–Crippen LogP) is 10.6. The molecule has 1 aliphatic carbocycles. The molecule has 0 bridgehead atoms. The number of hydrogen-bond donors (Lipinski definition) is 0. The Hall–Kier alpha value is -2.42. The van der Waals surface area contributed by atoms with Gasteiger partial charge in [0.15, 0.2) is 0 Å². The van der Waals surface area contributed by atoms with Crippen LogP contribution in [-0.4, -0.2) is 0 Å². The fourth-order valence-corrected chi connectivity index (χ4v) is 6.03. The summed E-state index contributed by atoms with van der Waals surface area (Å²) in [5.41, 5.74) is 13.9. The second-order valence-corrected chi connectivity index (χ2v) is 11.1. The summed E-state index contributed by atoms with van der Waals surface area (Å²) in [6.07, 6.45) is 6.68. The molecule has 0 atom stereocenters. The summed E-state index contributed by atoms with van der Waals surface area (Å²) in [6.45, 7) is 21.9. The van der Waals surface area contributed by atoms with Crippen LogP contribution in [-0.2, 0) is 0 Å². The minimum absolute atomic E-state index is 0.391. The molecule has 0 heterocycles. The van der Waals surface area contributed by atoms with Gasteiger partial charge in [0.2, 0.25) is 0 Å². The first-order valence-corrected chi connectivity index (χ1v) is 13.4. The van der Waals surface area contributed by atoms with E-state index in [2.05, 4.69) is 75.3 Å². The fraction of sp³-hybridized carbons (Fsp3) is 0.515. The molecule has 2 aromatic carbocycles. The molecule has 196 valence electrons. The maximum absolute atomic E-state index is 12.5. The highest BCUT2D eigenvalue weighted by molar-refractivity contribution is 5.74. The lowest BCUT2D eigenvalue weighted by Crippen LogP contribution is -2.13. The molecule has 3 rings (SSSR count). The van der Waals surface area contributed by atoms with E-state index in [-0.39, 0.29) is 0 Å². The number of benzene rings is 2. The Bertz CT molecular complexity index is 1150. The lowest BCUT2D eigenvalue weighted by Gasteiger charge is -2.27. The van der Waals surface area contributed by atoms with Crippen molar-refractivity contribution in [2.75, 3.05) is 0 Å². The van der Waals surface area contributed by atoms with Crippen molar-refractivity contribution in [3.05, 3.63) is 73.9 Å². The van der Waals surface area contributed by atoms with Crippen molar-refractivity contribution >= 4 is 5.57 Å². The first-order chi connectivity index (χ1) is 16.8. The molecule has 1 nitrogen and oxygen atoms in total. The Balaban J connectivity index is 1.91. The van der Waals surface area contributed by atoms with Crippen LogP contribution in [0.3, 0.4) is 0 Å². The van der Waals surface area contributed by atoms with Gasteiger partial charge in [-0.1, -0.05) is 6.08 Å². The topological polar surface area (TPSA) is 9.23 Å². The molecule has 0 spiro atoms. The van der Waals surface area contributed by atoms with E-state index in [9.17, 15) is 8.78 Å². The summed E-state index contributed by atoms with van der Waals surface area (Å²) >= 11 is 0. The first-order valence-electron chi connectivity index (χ1n) is 13.4. The Morgan fingerprint density at radius 1 is 0.667 bits per heavy atom. The molecule has 0 aliphatic heterocycles. The van der Waals surface area contributed by atoms with Gasteiger partial charge in [0.05, 0.1) is 0 Å². The summed E-state index contributed by atoms with van der Waals surface area (Å²) in [5, 5.41) is 0. The Morgan fingerprint density at radius 3 is 1.53 bits per heavy atom. The lowest BCUT2D eigenvalue weighted by molar-refractivity contribution is 0.308. The zero-order valence-corrected chi connectivity index (χ0v) is 24.0. The normalized spacial score (nSPS) is 18.4. The van der Waals surface area contributed by atoms with E-state index < -0.39 is 6.08 Å². The molecule has 3 heteroatoms. The molecule has 0 unspecified atom stereocenters. The fourth-order valence-electron chi connectivity index (χ4n) is 6.03. The largest absolute Gasteiger partial charge is 0.456 e. The Kier molecular flexibility index (Phi) is 8.85. The van der Waals surface area contributed by atoms with Crippen LogP contribution in [0, 0.1) is 74.1 Å². The van der Waals surface area contributed by atoms with Crippen molar-refractivity contribution in [3.8, 4) is 11.5 Å². The summed E-state index contributed by atoms with van der Waals surface area (Å²) in [7, 11) is 0. The first kappa shape index (κ1) is 28.2. The van der Waals surface area contributed by atoms with E-state index in [0.717, 1.165) is 43.3 Å². The molecule has 36 heavy (non-hydrogen) atoms. The average molecular weight is 495 g/mol. The number of hydrogen-bond acceptors (Lipinski definition) is 1. The third-order valence-corrected chi connectivity index (χ3v) is 9.07. The van der Waals surface area contributed by atoms with Gasteiger partial charge in [0, 0.05) is 0 Å². The quantitative estimate of drug-likeness (QED) is 0.388. The maximum Gasteiger partial charge on any atom is 0.266 e. The number of rotatable bonds is 6. The summed E-state index contributed by atoms with van der Waals surface area (Å²) in [4.78, 5) is 0. The summed E-state index contributed by atoms with van der Waals surface area (Å²) < 4.78 is 31.6. The van der Waals surface area contributed by atoms with Crippen LogP contribution < -0.4 is 4.74 Å². The second kappa shape index (κ2) is 11.3. The van der Waals surface area contributed by atoms with Crippen molar-refractivity contribution in [1.82, 2.24) is 0 Å². The van der Waals surface area contributed by atoms with Crippen LogP contribution in [0.25, 0.3) is 5.57 Å². The molecule has 2 aromatic rings. The van der Waals surface area contributed by atoms with Crippen LogP contribution >= 0.6 is 0 Å². The number of ether oxygens (including phenoxy) is 1. The third kappa shape index (κ3) is 5.61. The average Bonchev–Trinajstić information content (AvgIpc) is 2.84. The molecule has 0 N–H and O–H groups in total. The van der Waals surface area contributed by atoms with Gasteiger partial charge in [-0.05, 0) is 180 Å². The molecular weight excluding hydrogens is 450 g/mol. The van der Waals surface area contributed by atoms with E-state index in [1.54, 1.807) is 0 Å². The molecule has 1 fully saturated rings. The monoisotopic (exact) mass is 494 g/mol. The molecule has 0 amide bonds. The van der Waals surface area contributed by atoms with Gasteiger partial charge in [0.1, 0.15) is 11.5 Å². The molecule has 1 aliphatic rings. The van der Waals surface area contributed by atoms with Crippen LogP contribution in [0.4, 0.5) is 8.78 Å². The van der Waals surface area contributed by atoms with Gasteiger partial charge < -0.3 is 4.74 Å². The Morgan fingerprint density at radius 2 is 1.08 bits per heavy atom. The number of halogens is 2. The third-order valence-electron chi connectivity index (χ3n) is 9.07. The molecule has 0 saturated heterocycles. The van der Waals surface area contributed by atoms with Gasteiger partial charge in [-0.15, -0.1) is 0 Å². The van der Waals surface area contributed by atoms with E-state index >= 15 is 0 Å². The van der Waals surface area contributed by atoms with E-state index in [1.165, 1.54) is 61.2 Å². The minimum Gasteiger partial charge on any atom is -0.456 e. The summed E-state index contributed by atoms with van der Waals surface area (Å²) in [6, 6.07) is 0. The maximum atomic E-state index is 12.5. The van der Waals surface area contributed by atoms with Crippen molar-refractivity contribution in [3.63, 3.8) is 0 Å². The zero-order chi connectivity index (χ0) is 26.9. The highest BCUT2D eigenvalue weighted by atomic mass is 19.3. The van der Waals surface area contributed by atoms with Crippen LogP contribution in [0.5, 0.6) is 11.5 Å². The van der Waals surface area contributed by atoms with E-state index in [0.29, 0.717) is 18.3 Å². The predicted molar refractivity (Wildman–Crippen MR) is 150 cm³/mol. The molecule has 0 aromatic heterocycles. The van der Waals surface area contributed by atoms with Crippen molar-refractivity contribution < 1.29 is 13.5 Å². The van der Waals surface area contributed by atoms with Crippen LogP contribution in [0.2, 0.25) is 0 Å². The summed E-state index contributed by atoms with van der Waals surface area (Å²) in [5.74, 6) is 2.87. The number of allylic oxidation sites excluding steroid dienone is 3. The van der Waals surface area contributed by atoms with Gasteiger partial charge in [-0.25, -0.2) is 0 Å². The van der Waals surface area contributed by atoms with Gasteiger partial charge in [-0.3, -0.25) is 0 Å². The highest BCUT2D eigenvalue weighted by Gasteiger charge is 2.23. The second-order valence-electron chi connectivity index (χ2n) is 11.1. The highest BCUT2D eigenvalue weighted by Crippen LogP contribution is 2.42. The van der Waals surface area contributed by atoms with Gasteiger partial charge >= 0.3 is 0 Å². The lowest BCUT2D eigenvalue weighted by atomic mass is 9.79.